The van der Waals surface area contributed by atoms with E-state index >= 15 is 0 Å². The fourth-order valence-corrected chi connectivity index (χ4v) is 17.3. The summed E-state index contributed by atoms with van der Waals surface area (Å²) >= 11 is 0. The Kier molecular flexibility index (Phi) is 24.6. The predicted molar refractivity (Wildman–Crippen MR) is 426 cm³/mol. The Morgan fingerprint density at radius 2 is 1.04 bits per heavy atom. The molecule has 0 saturated carbocycles. The summed E-state index contributed by atoms with van der Waals surface area (Å²) in [5.74, 6) is 4.89. The molecule has 7 saturated heterocycles. The zero-order chi connectivity index (χ0) is 74.3. The minimum absolute atomic E-state index is 0.0955. The summed E-state index contributed by atoms with van der Waals surface area (Å²) in [6.07, 6.45) is 18.4. The molecule has 108 heavy (non-hydrogen) atoms. The molecule has 12 heterocycles. The summed E-state index contributed by atoms with van der Waals surface area (Å²) in [6, 6.07) is 52.2. The van der Waals surface area contributed by atoms with E-state index < -0.39 is 0 Å². The highest BCUT2D eigenvalue weighted by atomic mass is 16.6. The molecule has 9 aliphatic heterocycles. The number of anilines is 2. The molecule has 7 fully saturated rings. The quantitative estimate of drug-likeness (QED) is 0.0576. The van der Waals surface area contributed by atoms with Crippen LogP contribution in [-0.4, -0.2) is 177 Å². The van der Waals surface area contributed by atoms with Crippen LogP contribution in [0.2, 0.25) is 0 Å². The number of fused-ring (bicyclic) bond motifs is 9. The van der Waals surface area contributed by atoms with Crippen molar-refractivity contribution < 1.29 is 19.1 Å². The molecule has 24 nitrogen and oxygen atoms in total. The smallest absolute Gasteiger partial charge is 0.410 e. The first kappa shape index (κ1) is 74.6. The van der Waals surface area contributed by atoms with E-state index in [-0.39, 0.29) is 65.6 Å². The van der Waals surface area contributed by atoms with Crippen molar-refractivity contribution in [3.63, 3.8) is 0 Å². The first-order chi connectivity index (χ1) is 52.9. The van der Waals surface area contributed by atoms with Crippen molar-refractivity contribution in [3.8, 4) is 0 Å². The number of piperidine rings is 4. The van der Waals surface area contributed by atoms with Gasteiger partial charge in [-0.25, -0.2) is 20.1 Å². The van der Waals surface area contributed by atoms with Gasteiger partial charge in [-0.1, -0.05) is 133 Å². The second-order valence-corrected chi connectivity index (χ2v) is 30.1. The number of aromatic nitrogens is 6. The number of amides is 1. The van der Waals surface area contributed by atoms with Gasteiger partial charge in [0.15, 0.2) is 23.2 Å². The maximum absolute atomic E-state index is 12.2. The summed E-state index contributed by atoms with van der Waals surface area (Å²) in [4.78, 5) is 84.7. The van der Waals surface area contributed by atoms with Crippen molar-refractivity contribution in [2.75, 3.05) is 69.6 Å². The number of hydrogen-bond donors (Lipinski definition) is 10. The van der Waals surface area contributed by atoms with Crippen LogP contribution in [0.15, 0.2) is 176 Å². The van der Waals surface area contributed by atoms with Crippen molar-refractivity contribution in [1.82, 2.24) is 61.7 Å². The van der Waals surface area contributed by atoms with Crippen LogP contribution < -0.4 is 54.3 Å². The molecule has 9 aliphatic rings. The standard InChI is InChI=1S/C21H23N3O.C18H22N4O3.C15H18N4O.2C15H19N3O/c25-20-14-23-21(19-9-5-4-8-18(19)20)24-16-10-11-22-17(13-16)12-15-6-2-1-3-7-15;1-2-25-18(24)22-12-7-8-13(22)10-11(9-12)19-16-14-5-3-4-6-15(14)17(23)21-20-16;20-15-13-4-2-1-3-12(13)14(18-19-15)17-11-7-9-5-6-10(8-11)16-9;19-15-13-6-2-1-5-12(13)14(17-18-15)10-11-4-3-8-16-9-7-11;16-9-11-5-7-18(8-6-11)15-13-4-2-1-3-12(13)14(19)10-17-15/h1-9,16-17,22H,10-14H2,(H,23,24);3-6,11-13H,2,7-10H2,1H3,(H,19,20)(H,21,23);1-4,9-11,16H,5-8H2,(H,17,18)(H,19,20);1-2,5-6,11,16H,3-4,7-10H2,(H,18,19);1-4,11H,5-10,16H2/t16-,17-;11?,12-,13+;9-,10+,11?;;/m0..../s1. The van der Waals surface area contributed by atoms with E-state index in [0.717, 1.165) is 183 Å². The molecule has 11 N–H and O–H groups in total. The number of nitrogens with one attached hydrogen (secondary N) is 9. The SMILES string of the molecule is CCOC(=O)N1[C@@H]2CC[C@H]1CC(Nc1n[nH]c(=O)c3ccccc13)C2.NCC1CCN(C2=NCC(=O)c3ccccc32)CC1.O=C1CN=C(N[C@H]2CCN[C@@H](Cc3ccccc3)C2)c2ccccc21.O=c1[nH]nc(CC2CCCNCC2)c2ccccc12.O=c1[nH]nc(NC2C[C@H]3CC[C@@H](C2)N3)c2ccccc12. The number of ketones is 2. The second-order valence-electron chi connectivity index (χ2n) is 30.1. The fourth-order valence-electron chi connectivity index (χ4n) is 17.3. The first-order valence-electron chi connectivity index (χ1n) is 39.1. The van der Waals surface area contributed by atoms with Gasteiger partial charge in [-0.05, 0) is 178 Å². The van der Waals surface area contributed by atoms with Crippen LogP contribution in [0.1, 0.15) is 146 Å². The van der Waals surface area contributed by atoms with Crippen LogP contribution in [0.25, 0.3) is 32.3 Å². The largest absolute Gasteiger partial charge is 0.450 e. The molecule has 9 atom stereocenters. The van der Waals surface area contributed by atoms with Crippen LogP contribution in [0.4, 0.5) is 16.4 Å². The van der Waals surface area contributed by atoms with Crippen LogP contribution in [0.5, 0.6) is 0 Å². The number of H-pyrrole nitrogens is 3. The van der Waals surface area contributed by atoms with Crippen LogP contribution in [0.3, 0.4) is 0 Å². The van der Waals surface area contributed by atoms with Gasteiger partial charge >= 0.3 is 6.09 Å². The summed E-state index contributed by atoms with van der Waals surface area (Å²) < 4.78 is 5.20. The number of nitrogens with zero attached hydrogens (tertiary/aromatic N) is 7. The van der Waals surface area contributed by atoms with E-state index in [1.165, 1.54) is 37.7 Å². The molecule has 0 spiro atoms. The number of carbonyl (C=O) groups is 3. The van der Waals surface area contributed by atoms with E-state index in [4.69, 9.17) is 10.5 Å². The minimum atomic E-state index is -0.193. The van der Waals surface area contributed by atoms with Gasteiger partial charge in [-0.2, -0.15) is 15.3 Å². The van der Waals surface area contributed by atoms with Crippen LogP contribution in [-0.2, 0) is 17.6 Å². The highest BCUT2D eigenvalue weighted by Gasteiger charge is 2.44. The molecular weight excluding hydrogens is 1360 g/mol. The fraction of sp³-hybridized carbons (Fsp3) is 0.440. The molecule has 3 aromatic heterocycles. The molecule has 9 aromatic rings. The van der Waals surface area contributed by atoms with Crippen molar-refractivity contribution in [1.29, 1.82) is 0 Å². The maximum Gasteiger partial charge on any atom is 0.410 e. The van der Waals surface area contributed by atoms with Crippen molar-refractivity contribution in [2.24, 2.45) is 27.6 Å². The Bertz CT molecular complexity index is 4830. The number of nitrogens with two attached hydrogens (primary N) is 1. The van der Waals surface area contributed by atoms with E-state index in [2.05, 4.69) is 108 Å². The third-order valence-electron chi connectivity index (χ3n) is 22.8. The number of amidine groups is 2. The Morgan fingerprint density at radius 3 is 1.66 bits per heavy atom. The second kappa shape index (κ2) is 35.6. The number of carbonyl (C=O) groups excluding carboxylic acids is 3. The highest BCUT2D eigenvalue weighted by Crippen LogP contribution is 2.38. The molecule has 0 aliphatic carbocycles. The van der Waals surface area contributed by atoms with Crippen LogP contribution in [0, 0.1) is 11.8 Å². The molecule has 0 radical (unpaired) electrons. The van der Waals surface area contributed by atoms with Crippen LogP contribution >= 0.6 is 0 Å². The number of rotatable bonds is 11. The van der Waals surface area contributed by atoms with Gasteiger partial charge in [0.2, 0.25) is 0 Å². The molecule has 6 aromatic carbocycles. The Morgan fingerprint density at radius 1 is 0.500 bits per heavy atom. The number of Topliss-reactive ketones (excluding diaryl/α,β-unsaturated/α-hetero) is 2. The summed E-state index contributed by atoms with van der Waals surface area (Å²) in [7, 11) is 0. The number of benzene rings is 6. The number of aromatic amines is 3. The first-order valence-corrected chi connectivity index (χ1v) is 39.1. The average molecular weight is 1460 g/mol. The zero-order valence-electron chi connectivity index (χ0n) is 61.7. The number of hydrogen-bond acceptors (Lipinski definition) is 20. The normalized spacial score (nSPS) is 23.6. The Hall–Kier alpha value is -10.3. The summed E-state index contributed by atoms with van der Waals surface area (Å²) in [5, 5.41) is 46.6. The molecule has 18 rings (SSSR count). The van der Waals surface area contributed by atoms with E-state index in [9.17, 15) is 28.8 Å². The van der Waals surface area contributed by atoms with E-state index in [1.54, 1.807) is 6.07 Å². The highest BCUT2D eigenvalue weighted by molar-refractivity contribution is 6.15. The lowest BCUT2D eigenvalue weighted by Gasteiger charge is -2.38. The van der Waals surface area contributed by atoms with E-state index in [0.29, 0.717) is 65.2 Å². The van der Waals surface area contributed by atoms with Gasteiger partial charge in [0, 0.05) is 99.8 Å². The minimum Gasteiger partial charge on any atom is -0.450 e. The average Bonchev–Trinajstić information content (AvgIpc) is 1.58. The van der Waals surface area contributed by atoms with Crippen molar-refractivity contribution in [2.45, 2.75) is 164 Å². The third kappa shape index (κ3) is 18.1. The third-order valence-corrected chi connectivity index (χ3v) is 22.8. The lowest BCUT2D eigenvalue weighted by molar-refractivity contribution is 0.0710. The molecule has 4 bridgehead atoms. The zero-order valence-corrected chi connectivity index (χ0v) is 61.7. The van der Waals surface area contributed by atoms with Crippen molar-refractivity contribution in [3.05, 3.63) is 216 Å². The predicted octanol–water partition coefficient (Wildman–Crippen LogP) is 9.84. The maximum atomic E-state index is 12.2. The van der Waals surface area contributed by atoms with Gasteiger partial charge in [-0.15, -0.1) is 0 Å². The summed E-state index contributed by atoms with van der Waals surface area (Å²) in [5.41, 5.74) is 11.3. The Labute approximate surface area is 628 Å². The summed E-state index contributed by atoms with van der Waals surface area (Å²) in [6.45, 7) is 8.73. The monoisotopic (exact) mass is 1460 g/mol. The van der Waals surface area contributed by atoms with Gasteiger partial charge in [0.05, 0.1) is 28.5 Å². The number of likely N-dealkylation sites (tertiary alicyclic amines) is 1. The molecule has 3 unspecified atom stereocenters. The van der Waals surface area contributed by atoms with E-state index in [1.807, 2.05) is 127 Å². The number of aliphatic imine (C=N–C) groups is 2. The van der Waals surface area contributed by atoms with Gasteiger partial charge in [-0.3, -0.25) is 34.0 Å². The molecular formula is C84H101N17O7. The van der Waals surface area contributed by atoms with Gasteiger partial charge in [0.1, 0.15) is 24.8 Å². The molecule has 24 heteroatoms. The Balaban J connectivity index is 0.000000114. The molecule has 564 valence electrons. The lowest BCUT2D eigenvalue weighted by atomic mass is 9.93. The van der Waals surface area contributed by atoms with Gasteiger partial charge < -0.3 is 52.2 Å². The van der Waals surface area contributed by atoms with Gasteiger partial charge in [0.25, 0.3) is 16.7 Å². The van der Waals surface area contributed by atoms with Crippen molar-refractivity contribution >= 4 is 73.3 Å². The topological polar surface area (TPSA) is 327 Å². The number of ether oxygens (including phenoxy) is 1. The molecule has 1 amide bonds. The lowest BCUT2D eigenvalue weighted by Crippen LogP contribution is -2.50.